The van der Waals surface area contributed by atoms with Crippen molar-refractivity contribution in [2.24, 2.45) is 0 Å². The number of carbonyl (C=O) groups excluding carboxylic acids is 2. The predicted molar refractivity (Wildman–Crippen MR) is 110 cm³/mol. The molecule has 0 bridgehead atoms. The number of ether oxygens (including phenoxy) is 1. The van der Waals surface area contributed by atoms with E-state index in [-0.39, 0.29) is 5.15 Å². The summed E-state index contributed by atoms with van der Waals surface area (Å²) < 4.78 is 5.37. The van der Waals surface area contributed by atoms with Gasteiger partial charge in [-0.15, -0.1) is 11.3 Å². The fourth-order valence-corrected chi connectivity index (χ4v) is 4.48. The monoisotopic (exact) mass is 412 g/mol. The molecule has 1 atom stereocenters. The van der Waals surface area contributed by atoms with Gasteiger partial charge in [0, 0.05) is 11.1 Å². The molecule has 0 spiro atoms. The number of aryl methyl sites for hydroxylation is 2. The molecule has 0 radical (unpaired) electrons. The molecule has 1 aliphatic rings. The first kappa shape index (κ1) is 18.7. The van der Waals surface area contributed by atoms with Crippen molar-refractivity contribution in [1.29, 1.82) is 0 Å². The van der Waals surface area contributed by atoms with Gasteiger partial charge in [-0.1, -0.05) is 35.9 Å². The molecule has 7 heteroatoms. The van der Waals surface area contributed by atoms with Gasteiger partial charge in [0.1, 0.15) is 4.88 Å². The maximum absolute atomic E-state index is 12.6. The molecule has 1 aliphatic carbocycles. The molecule has 142 valence electrons. The Balaban J connectivity index is 1.47. The lowest BCUT2D eigenvalue weighted by Crippen LogP contribution is -2.29. The number of amides is 1. The van der Waals surface area contributed by atoms with E-state index in [1.54, 1.807) is 12.1 Å². The van der Waals surface area contributed by atoms with Crippen molar-refractivity contribution in [2.75, 3.05) is 5.32 Å². The third-order valence-electron chi connectivity index (χ3n) is 4.61. The summed E-state index contributed by atoms with van der Waals surface area (Å²) in [5, 5.41) is 2.80. The van der Waals surface area contributed by atoms with Crippen LogP contribution in [-0.4, -0.2) is 23.0 Å². The van der Waals surface area contributed by atoms with Crippen molar-refractivity contribution < 1.29 is 14.3 Å². The number of halogens is 1. The van der Waals surface area contributed by atoms with Gasteiger partial charge in [-0.3, -0.25) is 4.79 Å². The SMILES string of the molecule is C[C@H](OC(=O)c1cc2c(s1)-c1ccccc1CC2)C(=O)Nc1cccnc1Cl. The van der Waals surface area contributed by atoms with Crippen LogP contribution in [0.5, 0.6) is 0 Å². The minimum absolute atomic E-state index is 0.180. The molecule has 4 rings (SSSR count). The van der Waals surface area contributed by atoms with Crippen LogP contribution in [0.4, 0.5) is 5.69 Å². The number of carbonyl (C=O) groups is 2. The van der Waals surface area contributed by atoms with Gasteiger partial charge in [-0.2, -0.15) is 0 Å². The Morgan fingerprint density at radius 2 is 1.96 bits per heavy atom. The van der Waals surface area contributed by atoms with E-state index in [0.29, 0.717) is 10.6 Å². The second-order valence-electron chi connectivity index (χ2n) is 6.50. The molecule has 0 fully saturated rings. The molecule has 1 aromatic carbocycles. The highest BCUT2D eigenvalue weighted by molar-refractivity contribution is 7.17. The highest BCUT2D eigenvalue weighted by Gasteiger charge is 2.25. The quantitative estimate of drug-likeness (QED) is 0.496. The number of fused-ring (bicyclic) bond motifs is 3. The van der Waals surface area contributed by atoms with Crippen LogP contribution in [0.3, 0.4) is 0 Å². The summed E-state index contributed by atoms with van der Waals surface area (Å²) in [6.45, 7) is 1.53. The van der Waals surface area contributed by atoms with Crippen LogP contribution in [-0.2, 0) is 22.4 Å². The second kappa shape index (κ2) is 7.73. The number of hydrogen-bond donors (Lipinski definition) is 1. The summed E-state index contributed by atoms with van der Waals surface area (Å²) in [4.78, 5) is 30.4. The Labute approximate surface area is 171 Å². The van der Waals surface area contributed by atoms with E-state index in [9.17, 15) is 9.59 Å². The van der Waals surface area contributed by atoms with Crippen LogP contribution in [0.1, 0.15) is 27.7 Å². The molecule has 0 unspecified atom stereocenters. The van der Waals surface area contributed by atoms with Crippen LogP contribution < -0.4 is 5.32 Å². The minimum Gasteiger partial charge on any atom is -0.448 e. The average molecular weight is 413 g/mol. The predicted octanol–water partition coefficient (Wildman–Crippen LogP) is 4.75. The molecule has 0 aliphatic heterocycles. The van der Waals surface area contributed by atoms with Crippen molar-refractivity contribution in [2.45, 2.75) is 25.9 Å². The summed E-state index contributed by atoms with van der Waals surface area (Å²) in [5.74, 6) is -0.966. The van der Waals surface area contributed by atoms with Crippen LogP contribution in [0.2, 0.25) is 5.15 Å². The number of rotatable bonds is 4. The number of nitrogens with zero attached hydrogens (tertiary/aromatic N) is 1. The number of esters is 1. The largest absolute Gasteiger partial charge is 0.448 e. The van der Waals surface area contributed by atoms with Gasteiger partial charge in [0.25, 0.3) is 5.91 Å². The number of benzene rings is 1. The fraction of sp³-hybridized carbons (Fsp3) is 0.190. The number of anilines is 1. The third kappa shape index (κ3) is 3.66. The topological polar surface area (TPSA) is 68.3 Å². The van der Waals surface area contributed by atoms with Gasteiger partial charge in [-0.05, 0) is 54.7 Å². The smallest absolute Gasteiger partial charge is 0.349 e. The zero-order chi connectivity index (χ0) is 19.7. The van der Waals surface area contributed by atoms with E-state index >= 15 is 0 Å². The van der Waals surface area contributed by atoms with Gasteiger partial charge in [0.2, 0.25) is 0 Å². The normalized spacial score (nSPS) is 13.2. The summed E-state index contributed by atoms with van der Waals surface area (Å²) in [7, 11) is 0. The highest BCUT2D eigenvalue weighted by atomic mass is 35.5. The zero-order valence-corrected chi connectivity index (χ0v) is 16.6. The van der Waals surface area contributed by atoms with Crippen LogP contribution >= 0.6 is 22.9 Å². The molecular formula is C21H17ClN2O3S. The van der Waals surface area contributed by atoms with Crippen molar-refractivity contribution in [3.63, 3.8) is 0 Å². The van der Waals surface area contributed by atoms with E-state index in [1.807, 2.05) is 18.2 Å². The summed E-state index contributed by atoms with van der Waals surface area (Å²) in [5.41, 5.74) is 3.98. The first-order valence-corrected chi connectivity index (χ1v) is 10.1. The van der Waals surface area contributed by atoms with E-state index in [0.717, 1.165) is 23.3 Å². The molecule has 1 amide bonds. The number of hydrogen-bond acceptors (Lipinski definition) is 5. The minimum atomic E-state index is -0.963. The van der Waals surface area contributed by atoms with Crippen molar-refractivity contribution in [1.82, 2.24) is 4.98 Å². The van der Waals surface area contributed by atoms with Gasteiger partial charge in [-0.25, -0.2) is 9.78 Å². The molecule has 2 heterocycles. The van der Waals surface area contributed by atoms with Crippen LogP contribution in [0.15, 0.2) is 48.7 Å². The molecule has 1 N–H and O–H groups in total. The first-order valence-electron chi connectivity index (χ1n) is 8.86. The lowest BCUT2D eigenvalue weighted by Gasteiger charge is -2.15. The Morgan fingerprint density at radius 3 is 2.79 bits per heavy atom. The van der Waals surface area contributed by atoms with E-state index in [4.69, 9.17) is 16.3 Å². The van der Waals surface area contributed by atoms with Gasteiger partial charge in [0.05, 0.1) is 5.69 Å². The summed E-state index contributed by atoms with van der Waals surface area (Å²) >= 11 is 7.35. The Morgan fingerprint density at radius 1 is 1.18 bits per heavy atom. The first-order chi connectivity index (χ1) is 13.5. The van der Waals surface area contributed by atoms with E-state index in [1.165, 1.54) is 35.6 Å². The molecule has 5 nitrogen and oxygen atoms in total. The van der Waals surface area contributed by atoms with Crippen molar-refractivity contribution >= 4 is 40.5 Å². The lowest BCUT2D eigenvalue weighted by atomic mass is 9.91. The van der Waals surface area contributed by atoms with Crippen LogP contribution in [0.25, 0.3) is 10.4 Å². The third-order valence-corrected chi connectivity index (χ3v) is 6.10. The molecule has 2 aromatic heterocycles. The number of thiophene rings is 1. The number of nitrogens with one attached hydrogen (secondary N) is 1. The Kier molecular flexibility index (Phi) is 5.15. The maximum atomic E-state index is 12.6. The fourth-order valence-electron chi connectivity index (χ4n) is 3.16. The van der Waals surface area contributed by atoms with Gasteiger partial charge < -0.3 is 10.1 Å². The molecular weight excluding hydrogens is 396 g/mol. The summed E-state index contributed by atoms with van der Waals surface area (Å²) in [6.07, 6.45) is 2.42. The zero-order valence-electron chi connectivity index (χ0n) is 15.1. The van der Waals surface area contributed by atoms with Crippen LogP contribution in [0, 0.1) is 0 Å². The Bertz CT molecular complexity index is 1060. The summed E-state index contributed by atoms with van der Waals surface area (Å²) in [6, 6.07) is 13.4. The molecule has 3 aromatic rings. The van der Waals surface area contributed by atoms with Crippen molar-refractivity contribution in [3.05, 3.63) is 69.8 Å². The standard InChI is InChI=1S/C21H17ClN2O3S/c1-12(20(25)24-16-7-4-10-23-19(16)22)27-21(26)17-11-14-9-8-13-5-2-3-6-15(13)18(14)28-17/h2-7,10-12H,8-9H2,1H3,(H,24,25)/t12-/m0/s1. The Hall–Kier alpha value is -2.70. The van der Waals surface area contributed by atoms with E-state index in [2.05, 4.69) is 22.4 Å². The molecule has 28 heavy (non-hydrogen) atoms. The second-order valence-corrected chi connectivity index (χ2v) is 7.91. The van der Waals surface area contributed by atoms with E-state index < -0.39 is 18.0 Å². The highest BCUT2D eigenvalue weighted by Crippen LogP contribution is 2.39. The van der Waals surface area contributed by atoms with Crippen molar-refractivity contribution in [3.8, 4) is 10.4 Å². The average Bonchev–Trinajstić information content (AvgIpc) is 3.14. The van der Waals surface area contributed by atoms with Gasteiger partial charge >= 0.3 is 5.97 Å². The molecule has 0 saturated heterocycles. The number of pyridine rings is 1. The molecule has 0 saturated carbocycles. The van der Waals surface area contributed by atoms with Gasteiger partial charge in [0.15, 0.2) is 11.3 Å². The lowest BCUT2D eigenvalue weighted by molar-refractivity contribution is -0.123. The number of aromatic nitrogens is 1. The maximum Gasteiger partial charge on any atom is 0.349 e.